The Hall–Kier alpha value is -2.73. The largest absolute Gasteiger partial charge is 0.486 e. The highest BCUT2D eigenvalue weighted by atomic mass is 19.2. The molecule has 0 radical (unpaired) electrons. The molecule has 2 aromatic rings. The maximum Gasteiger partial charge on any atom is 0.207 e. The SMILES string of the molecule is C=CCOc1ccc2c(c1F)Oc1c(cc(C3CCC(C=C)CO3)c(F)c1F)C2. The number of hydrogen-bond donors (Lipinski definition) is 0. The lowest BCUT2D eigenvalue weighted by Crippen LogP contribution is -2.21. The van der Waals surface area contributed by atoms with E-state index in [1.807, 2.05) is 6.08 Å². The number of benzene rings is 2. The molecule has 6 heteroatoms. The van der Waals surface area contributed by atoms with E-state index in [1.165, 1.54) is 12.1 Å². The van der Waals surface area contributed by atoms with Crippen molar-refractivity contribution >= 4 is 0 Å². The van der Waals surface area contributed by atoms with Gasteiger partial charge in [0, 0.05) is 29.0 Å². The van der Waals surface area contributed by atoms with Crippen LogP contribution >= 0.6 is 0 Å². The minimum Gasteiger partial charge on any atom is -0.486 e. The molecular weight excluding hydrogens is 381 g/mol. The Kier molecular flexibility index (Phi) is 5.37. The van der Waals surface area contributed by atoms with Gasteiger partial charge in [-0.3, -0.25) is 0 Å². The van der Waals surface area contributed by atoms with Crippen molar-refractivity contribution in [2.75, 3.05) is 13.2 Å². The molecule has 0 bridgehead atoms. The van der Waals surface area contributed by atoms with Gasteiger partial charge in [0.2, 0.25) is 11.6 Å². The van der Waals surface area contributed by atoms with E-state index in [2.05, 4.69) is 13.2 Å². The molecule has 0 aliphatic carbocycles. The normalized spacial score (nSPS) is 20.2. The zero-order chi connectivity index (χ0) is 20.5. The number of fused-ring (bicyclic) bond motifs is 2. The molecule has 2 aliphatic rings. The van der Waals surface area contributed by atoms with Crippen molar-refractivity contribution in [3.63, 3.8) is 0 Å². The second-order valence-corrected chi connectivity index (χ2v) is 7.22. The molecule has 2 atom stereocenters. The van der Waals surface area contributed by atoms with Crippen molar-refractivity contribution in [3.05, 3.63) is 77.7 Å². The van der Waals surface area contributed by atoms with Gasteiger partial charge >= 0.3 is 0 Å². The quantitative estimate of drug-likeness (QED) is 0.489. The fourth-order valence-electron chi connectivity index (χ4n) is 3.76. The zero-order valence-corrected chi connectivity index (χ0v) is 15.8. The molecule has 3 nitrogen and oxygen atoms in total. The molecule has 2 unspecified atom stereocenters. The predicted molar refractivity (Wildman–Crippen MR) is 103 cm³/mol. The van der Waals surface area contributed by atoms with Crippen LogP contribution in [0.3, 0.4) is 0 Å². The van der Waals surface area contributed by atoms with Crippen LogP contribution < -0.4 is 9.47 Å². The lowest BCUT2D eigenvalue weighted by atomic mass is 9.91. The van der Waals surface area contributed by atoms with Gasteiger partial charge in [0.15, 0.2) is 23.1 Å². The van der Waals surface area contributed by atoms with Crippen molar-refractivity contribution in [1.82, 2.24) is 0 Å². The lowest BCUT2D eigenvalue weighted by molar-refractivity contribution is -0.00744. The van der Waals surface area contributed by atoms with Crippen LogP contribution in [0.2, 0.25) is 0 Å². The molecule has 2 aromatic carbocycles. The highest BCUT2D eigenvalue weighted by Crippen LogP contribution is 2.45. The first-order valence-corrected chi connectivity index (χ1v) is 9.51. The minimum atomic E-state index is -1.13. The van der Waals surface area contributed by atoms with Gasteiger partial charge in [0.05, 0.1) is 12.7 Å². The van der Waals surface area contributed by atoms with Crippen LogP contribution in [0, 0.1) is 23.4 Å². The van der Waals surface area contributed by atoms with E-state index in [1.54, 1.807) is 12.1 Å². The molecule has 0 spiro atoms. The van der Waals surface area contributed by atoms with Crippen molar-refractivity contribution in [2.24, 2.45) is 5.92 Å². The molecule has 0 amide bonds. The van der Waals surface area contributed by atoms with Gasteiger partial charge in [-0.05, 0) is 25.0 Å². The highest BCUT2D eigenvalue weighted by Gasteiger charge is 2.32. The van der Waals surface area contributed by atoms with E-state index >= 15 is 0 Å². The second kappa shape index (κ2) is 7.95. The highest BCUT2D eigenvalue weighted by molar-refractivity contribution is 5.55. The molecule has 2 heterocycles. The molecule has 29 heavy (non-hydrogen) atoms. The average molecular weight is 402 g/mol. The summed E-state index contributed by atoms with van der Waals surface area (Å²) in [6, 6.07) is 4.72. The Morgan fingerprint density at radius 1 is 1.03 bits per heavy atom. The third-order valence-electron chi connectivity index (χ3n) is 5.34. The zero-order valence-electron chi connectivity index (χ0n) is 15.8. The maximum atomic E-state index is 14.8. The molecule has 0 aromatic heterocycles. The molecular formula is C23H21F3O3. The molecule has 0 saturated carbocycles. The summed E-state index contributed by atoms with van der Waals surface area (Å²) in [6.07, 6.45) is 4.35. The Morgan fingerprint density at radius 2 is 1.83 bits per heavy atom. The predicted octanol–water partition coefficient (Wildman–Crippen LogP) is 6.02. The molecule has 1 fully saturated rings. The van der Waals surface area contributed by atoms with Gasteiger partial charge < -0.3 is 14.2 Å². The van der Waals surface area contributed by atoms with E-state index in [-0.39, 0.29) is 41.8 Å². The standard InChI is InChI=1S/C23H21F3O3/c1-3-9-27-18-8-6-14-10-15-11-16(17-7-5-13(4-2)12-28-17)19(24)21(26)23(15)29-22(14)20(18)25/h3-4,6,8,11,13,17H,1-2,5,7,9-10,12H2. The van der Waals surface area contributed by atoms with Crippen molar-refractivity contribution in [3.8, 4) is 17.2 Å². The van der Waals surface area contributed by atoms with Gasteiger partial charge in [-0.15, -0.1) is 6.58 Å². The Labute approximate surface area is 167 Å². The Morgan fingerprint density at radius 3 is 2.52 bits per heavy atom. The van der Waals surface area contributed by atoms with Gasteiger partial charge in [0.1, 0.15) is 6.61 Å². The summed E-state index contributed by atoms with van der Waals surface area (Å²) in [5.74, 6) is -3.15. The van der Waals surface area contributed by atoms with E-state index in [0.29, 0.717) is 24.2 Å². The topological polar surface area (TPSA) is 27.7 Å². The van der Waals surface area contributed by atoms with Crippen LogP contribution in [-0.4, -0.2) is 13.2 Å². The van der Waals surface area contributed by atoms with Crippen molar-refractivity contribution in [1.29, 1.82) is 0 Å². The smallest absolute Gasteiger partial charge is 0.207 e. The second-order valence-electron chi connectivity index (χ2n) is 7.22. The van der Waals surface area contributed by atoms with Crippen LogP contribution in [0.15, 0.2) is 43.5 Å². The first-order valence-electron chi connectivity index (χ1n) is 9.51. The third-order valence-corrected chi connectivity index (χ3v) is 5.34. The summed E-state index contributed by atoms with van der Waals surface area (Å²) >= 11 is 0. The molecule has 4 rings (SSSR count). The Balaban J connectivity index is 1.66. The molecule has 2 aliphatic heterocycles. The lowest BCUT2D eigenvalue weighted by Gasteiger charge is -2.29. The van der Waals surface area contributed by atoms with Gasteiger partial charge in [-0.1, -0.05) is 24.8 Å². The number of rotatable bonds is 5. The maximum absolute atomic E-state index is 14.8. The van der Waals surface area contributed by atoms with Crippen LogP contribution in [0.25, 0.3) is 0 Å². The van der Waals surface area contributed by atoms with Crippen LogP contribution in [-0.2, 0) is 11.2 Å². The van der Waals surface area contributed by atoms with E-state index in [9.17, 15) is 13.2 Å². The minimum absolute atomic E-state index is 0.0306. The molecule has 1 saturated heterocycles. The van der Waals surface area contributed by atoms with Crippen LogP contribution in [0.1, 0.15) is 35.6 Å². The molecule has 152 valence electrons. The van der Waals surface area contributed by atoms with Crippen LogP contribution in [0.5, 0.6) is 17.2 Å². The van der Waals surface area contributed by atoms with Crippen molar-refractivity contribution in [2.45, 2.75) is 25.4 Å². The summed E-state index contributed by atoms with van der Waals surface area (Å²) in [7, 11) is 0. The molecule has 0 N–H and O–H groups in total. The van der Waals surface area contributed by atoms with Gasteiger partial charge in [-0.25, -0.2) is 4.39 Å². The summed E-state index contributed by atoms with van der Waals surface area (Å²) in [5, 5.41) is 0. The number of ether oxygens (including phenoxy) is 3. The first kappa shape index (κ1) is 19.6. The monoisotopic (exact) mass is 402 g/mol. The summed E-state index contributed by atoms with van der Waals surface area (Å²) in [6.45, 7) is 7.80. The fourth-order valence-corrected chi connectivity index (χ4v) is 3.76. The average Bonchev–Trinajstić information content (AvgIpc) is 2.75. The van der Waals surface area contributed by atoms with Crippen molar-refractivity contribution < 1.29 is 27.4 Å². The summed E-state index contributed by atoms with van der Waals surface area (Å²) in [5.41, 5.74) is 1.16. The fraction of sp³-hybridized carbons (Fsp3) is 0.304. The van der Waals surface area contributed by atoms with Gasteiger partial charge in [0.25, 0.3) is 0 Å². The van der Waals surface area contributed by atoms with E-state index in [4.69, 9.17) is 14.2 Å². The number of hydrogen-bond acceptors (Lipinski definition) is 3. The number of halogens is 3. The van der Waals surface area contributed by atoms with E-state index in [0.717, 1.165) is 6.42 Å². The van der Waals surface area contributed by atoms with Gasteiger partial charge in [-0.2, -0.15) is 8.78 Å². The van der Waals surface area contributed by atoms with E-state index < -0.39 is 23.6 Å². The first-order chi connectivity index (χ1) is 14.0. The summed E-state index contributed by atoms with van der Waals surface area (Å²) in [4.78, 5) is 0. The van der Waals surface area contributed by atoms with Crippen LogP contribution in [0.4, 0.5) is 13.2 Å². The Bertz CT molecular complexity index is 963. The summed E-state index contributed by atoms with van der Waals surface area (Å²) < 4.78 is 60.8. The third kappa shape index (κ3) is 3.53.